The predicted octanol–water partition coefficient (Wildman–Crippen LogP) is 1.92. The number of carbonyl (C=O) groups excluding carboxylic acids is 2. The molecule has 6 nitrogen and oxygen atoms in total. The van der Waals surface area contributed by atoms with Crippen LogP contribution < -0.4 is 15.4 Å². The maximum absolute atomic E-state index is 13.5. The van der Waals surface area contributed by atoms with E-state index >= 15 is 0 Å². The molecular formula is C20H23ClFN3O3. The largest absolute Gasteiger partial charge is 0.484 e. The number of amides is 2. The van der Waals surface area contributed by atoms with Crippen molar-refractivity contribution in [1.29, 1.82) is 0 Å². The van der Waals surface area contributed by atoms with Crippen LogP contribution in [0.15, 0.2) is 54.6 Å². The second-order valence-electron chi connectivity index (χ2n) is 6.24. The lowest BCUT2D eigenvalue weighted by molar-refractivity contribution is -0.136. The van der Waals surface area contributed by atoms with Gasteiger partial charge in [0.05, 0.1) is 12.6 Å². The number of benzene rings is 2. The third-order valence-electron chi connectivity index (χ3n) is 4.35. The Morgan fingerprint density at radius 1 is 1.18 bits per heavy atom. The molecule has 2 aromatic carbocycles. The summed E-state index contributed by atoms with van der Waals surface area (Å²) in [6, 6.07) is 15.0. The third kappa shape index (κ3) is 5.94. The van der Waals surface area contributed by atoms with Crippen LogP contribution in [0.25, 0.3) is 0 Å². The summed E-state index contributed by atoms with van der Waals surface area (Å²) in [5.74, 6) is -0.326. The molecule has 0 aliphatic carbocycles. The van der Waals surface area contributed by atoms with Crippen molar-refractivity contribution >= 4 is 24.2 Å². The highest BCUT2D eigenvalue weighted by atomic mass is 35.5. The van der Waals surface area contributed by atoms with E-state index in [0.717, 1.165) is 5.56 Å². The molecule has 2 N–H and O–H groups in total. The normalized spacial score (nSPS) is 16.0. The van der Waals surface area contributed by atoms with Gasteiger partial charge in [-0.1, -0.05) is 30.3 Å². The van der Waals surface area contributed by atoms with Gasteiger partial charge in [-0.3, -0.25) is 9.59 Å². The second-order valence-corrected chi connectivity index (χ2v) is 6.24. The Kier molecular flexibility index (Phi) is 8.22. The maximum atomic E-state index is 13.5. The molecule has 28 heavy (non-hydrogen) atoms. The van der Waals surface area contributed by atoms with E-state index in [0.29, 0.717) is 25.4 Å². The van der Waals surface area contributed by atoms with Gasteiger partial charge in [0.15, 0.2) is 6.61 Å². The Morgan fingerprint density at radius 2 is 1.96 bits per heavy atom. The number of hydrogen-bond acceptors (Lipinski definition) is 4. The van der Waals surface area contributed by atoms with Gasteiger partial charge >= 0.3 is 0 Å². The fourth-order valence-electron chi connectivity index (χ4n) is 3.01. The molecule has 1 heterocycles. The summed E-state index contributed by atoms with van der Waals surface area (Å²) in [6.45, 7) is 1.41. The van der Waals surface area contributed by atoms with Crippen molar-refractivity contribution in [3.8, 4) is 5.75 Å². The molecule has 0 saturated carbocycles. The topological polar surface area (TPSA) is 70.7 Å². The molecule has 1 atom stereocenters. The van der Waals surface area contributed by atoms with Crippen LogP contribution in [0, 0.1) is 5.82 Å². The molecule has 1 aliphatic rings. The first-order valence-electron chi connectivity index (χ1n) is 8.83. The van der Waals surface area contributed by atoms with Gasteiger partial charge in [0, 0.05) is 19.6 Å². The highest BCUT2D eigenvalue weighted by molar-refractivity contribution is 5.86. The van der Waals surface area contributed by atoms with Crippen LogP contribution in [0.4, 0.5) is 4.39 Å². The number of ether oxygens (including phenoxy) is 1. The lowest BCUT2D eigenvalue weighted by atomic mass is 10.0. The molecular weight excluding hydrogens is 385 g/mol. The summed E-state index contributed by atoms with van der Waals surface area (Å²) in [5, 5.41) is 5.80. The zero-order valence-corrected chi connectivity index (χ0v) is 16.1. The van der Waals surface area contributed by atoms with Crippen LogP contribution >= 0.6 is 12.4 Å². The number of piperazine rings is 1. The summed E-state index contributed by atoms with van der Waals surface area (Å²) in [7, 11) is 0. The molecule has 0 spiro atoms. The van der Waals surface area contributed by atoms with Crippen LogP contribution in [-0.4, -0.2) is 49.5 Å². The molecule has 3 rings (SSSR count). The number of nitrogens with zero attached hydrogens (tertiary/aromatic N) is 1. The average molecular weight is 408 g/mol. The van der Waals surface area contributed by atoms with E-state index in [4.69, 9.17) is 4.74 Å². The first-order chi connectivity index (χ1) is 13.1. The smallest absolute Gasteiger partial charge is 0.258 e. The SMILES string of the molecule is Cl.O=C(COc1ccccc1)NCC(=O)N1CCNCC1c1cccc(F)c1. The van der Waals surface area contributed by atoms with Gasteiger partial charge in [0.2, 0.25) is 5.91 Å². The molecule has 0 bridgehead atoms. The number of para-hydroxylation sites is 1. The van der Waals surface area contributed by atoms with Gasteiger partial charge in [-0.2, -0.15) is 0 Å². The molecule has 2 amide bonds. The molecule has 1 saturated heterocycles. The monoisotopic (exact) mass is 407 g/mol. The summed E-state index contributed by atoms with van der Waals surface area (Å²) >= 11 is 0. The number of carbonyl (C=O) groups is 2. The minimum Gasteiger partial charge on any atom is -0.484 e. The molecule has 1 unspecified atom stereocenters. The standard InChI is InChI=1S/C20H22FN3O3.ClH/c21-16-6-4-5-15(11-16)18-12-22-9-10-24(18)20(26)13-23-19(25)14-27-17-7-2-1-3-8-17;/h1-8,11,18,22H,9-10,12-14H2,(H,23,25);1H. The molecule has 150 valence electrons. The van der Waals surface area contributed by atoms with Crippen molar-refractivity contribution < 1.29 is 18.7 Å². The first kappa shape index (κ1) is 21.7. The Labute approximate surface area is 169 Å². The number of rotatable bonds is 6. The van der Waals surface area contributed by atoms with E-state index < -0.39 is 0 Å². The third-order valence-corrected chi connectivity index (χ3v) is 4.35. The lowest BCUT2D eigenvalue weighted by Gasteiger charge is -2.36. The Hall–Kier alpha value is -2.64. The predicted molar refractivity (Wildman–Crippen MR) is 106 cm³/mol. The Balaban J connectivity index is 0.00000280. The summed E-state index contributed by atoms with van der Waals surface area (Å²) in [6.07, 6.45) is 0. The number of nitrogens with one attached hydrogen (secondary N) is 2. The molecule has 0 aromatic heterocycles. The molecule has 2 aromatic rings. The van der Waals surface area contributed by atoms with E-state index in [1.807, 2.05) is 18.2 Å². The van der Waals surface area contributed by atoms with Gasteiger partial charge in [0.25, 0.3) is 5.91 Å². The molecule has 0 radical (unpaired) electrons. The summed E-state index contributed by atoms with van der Waals surface area (Å²) in [5.41, 5.74) is 0.731. The highest BCUT2D eigenvalue weighted by Gasteiger charge is 2.28. The number of hydrogen-bond donors (Lipinski definition) is 2. The van der Waals surface area contributed by atoms with Crippen LogP contribution in [0.3, 0.4) is 0 Å². The van der Waals surface area contributed by atoms with Gasteiger partial charge in [-0.15, -0.1) is 12.4 Å². The minimum atomic E-state index is -0.371. The van der Waals surface area contributed by atoms with Gasteiger partial charge < -0.3 is 20.3 Å². The maximum Gasteiger partial charge on any atom is 0.258 e. The fraction of sp³-hybridized carbons (Fsp3) is 0.300. The minimum absolute atomic E-state index is 0. The van der Waals surface area contributed by atoms with E-state index in [1.54, 1.807) is 29.2 Å². The van der Waals surface area contributed by atoms with Crippen LogP contribution in [-0.2, 0) is 9.59 Å². The summed E-state index contributed by atoms with van der Waals surface area (Å²) < 4.78 is 18.9. The molecule has 1 aliphatic heterocycles. The molecule has 1 fully saturated rings. The van der Waals surface area contributed by atoms with Crippen molar-refractivity contribution in [2.45, 2.75) is 6.04 Å². The van der Waals surface area contributed by atoms with Crippen LogP contribution in [0.1, 0.15) is 11.6 Å². The second kappa shape index (κ2) is 10.6. The average Bonchev–Trinajstić information content (AvgIpc) is 2.71. The fourth-order valence-corrected chi connectivity index (χ4v) is 3.01. The van der Waals surface area contributed by atoms with Crippen LogP contribution in [0.2, 0.25) is 0 Å². The Bertz CT molecular complexity index is 791. The zero-order valence-electron chi connectivity index (χ0n) is 15.3. The summed E-state index contributed by atoms with van der Waals surface area (Å²) in [4.78, 5) is 26.2. The lowest BCUT2D eigenvalue weighted by Crippen LogP contribution is -2.51. The van der Waals surface area contributed by atoms with E-state index in [1.165, 1.54) is 12.1 Å². The van der Waals surface area contributed by atoms with Crippen LogP contribution in [0.5, 0.6) is 5.75 Å². The quantitative estimate of drug-likeness (QED) is 0.767. The van der Waals surface area contributed by atoms with E-state index in [2.05, 4.69) is 10.6 Å². The zero-order chi connectivity index (χ0) is 19.1. The van der Waals surface area contributed by atoms with Crippen molar-refractivity contribution in [3.05, 3.63) is 66.0 Å². The van der Waals surface area contributed by atoms with Gasteiger partial charge in [-0.25, -0.2) is 4.39 Å². The van der Waals surface area contributed by atoms with Crippen molar-refractivity contribution in [2.75, 3.05) is 32.8 Å². The van der Waals surface area contributed by atoms with E-state index in [-0.39, 0.29) is 49.2 Å². The Morgan fingerprint density at radius 3 is 2.71 bits per heavy atom. The highest BCUT2D eigenvalue weighted by Crippen LogP contribution is 2.22. The molecule has 8 heteroatoms. The van der Waals surface area contributed by atoms with E-state index in [9.17, 15) is 14.0 Å². The van der Waals surface area contributed by atoms with Crippen molar-refractivity contribution in [2.24, 2.45) is 0 Å². The number of halogens is 2. The van der Waals surface area contributed by atoms with Gasteiger partial charge in [-0.05, 0) is 29.8 Å². The first-order valence-corrected chi connectivity index (χ1v) is 8.83. The van der Waals surface area contributed by atoms with Crippen molar-refractivity contribution in [1.82, 2.24) is 15.5 Å². The van der Waals surface area contributed by atoms with Crippen molar-refractivity contribution in [3.63, 3.8) is 0 Å². The van der Waals surface area contributed by atoms with Gasteiger partial charge in [0.1, 0.15) is 11.6 Å².